The van der Waals surface area contributed by atoms with Gasteiger partial charge in [-0.2, -0.15) is 5.10 Å². The maximum atomic E-state index is 5.67. The third-order valence-electron chi connectivity index (χ3n) is 1.84. The van der Waals surface area contributed by atoms with E-state index in [0.29, 0.717) is 6.61 Å². The lowest BCUT2D eigenvalue weighted by Crippen LogP contribution is -2.22. The van der Waals surface area contributed by atoms with E-state index in [9.17, 15) is 0 Å². The van der Waals surface area contributed by atoms with Gasteiger partial charge in [-0.3, -0.25) is 4.68 Å². The largest absolute Gasteiger partial charge is 0.396 e. The molecule has 80 valence electrons. The van der Waals surface area contributed by atoms with E-state index >= 15 is 0 Å². The van der Waals surface area contributed by atoms with Crippen LogP contribution in [0, 0.1) is 6.92 Å². The first kappa shape index (κ1) is 11.0. The van der Waals surface area contributed by atoms with Gasteiger partial charge in [0.1, 0.15) is 0 Å². The summed E-state index contributed by atoms with van der Waals surface area (Å²) in [5.41, 5.74) is 7.20. The zero-order valence-corrected chi connectivity index (χ0v) is 9.37. The van der Waals surface area contributed by atoms with E-state index in [2.05, 4.69) is 5.10 Å². The molecule has 0 aliphatic carbocycles. The molecule has 1 rings (SSSR count). The van der Waals surface area contributed by atoms with Crippen LogP contribution in [0.5, 0.6) is 0 Å². The van der Waals surface area contributed by atoms with Crippen molar-refractivity contribution >= 4 is 5.69 Å². The van der Waals surface area contributed by atoms with Gasteiger partial charge in [0.05, 0.1) is 30.1 Å². The van der Waals surface area contributed by atoms with Gasteiger partial charge in [0.2, 0.25) is 0 Å². The minimum atomic E-state index is -0.0895. The number of hydrogen-bond acceptors (Lipinski definition) is 3. The number of aryl methyl sites for hydroxylation is 1. The first-order valence-electron chi connectivity index (χ1n) is 4.82. The Kier molecular flexibility index (Phi) is 3.16. The Labute approximate surface area is 85.0 Å². The summed E-state index contributed by atoms with van der Waals surface area (Å²) in [7, 11) is 0. The molecule has 4 nitrogen and oxygen atoms in total. The molecule has 0 unspecified atom stereocenters. The smallest absolute Gasteiger partial charge is 0.0822 e. The number of nitrogens with two attached hydrogens (primary N) is 1. The zero-order chi connectivity index (χ0) is 10.8. The van der Waals surface area contributed by atoms with Crippen molar-refractivity contribution < 1.29 is 4.74 Å². The molecule has 0 saturated carbocycles. The predicted octanol–water partition coefficient (Wildman–Crippen LogP) is 1.59. The van der Waals surface area contributed by atoms with Crippen LogP contribution in [-0.2, 0) is 11.3 Å². The quantitative estimate of drug-likeness (QED) is 0.800. The van der Waals surface area contributed by atoms with Gasteiger partial charge in [0, 0.05) is 6.20 Å². The van der Waals surface area contributed by atoms with Gasteiger partial charge in [0.25, 0.3) is 0 Å². The molecule has 2 N–H and O–H groups in total. The van der Waals surface area contributed by atoms with Crippen LogP contribution in [0.15, 0.2) is 6.20 Å². The Balaban J connectivity index is 2.39. The van der Waals surface area contributed by atoms with Gasteiger partial charge < -0.3 is 10.5 Å². The first-order valence-corrected chi connectivity index (χ1v) is 4.82. The molecule has 0 aliphatic heterocycles. The second-order valence-corrected chi connectivity index (χ2v) is 4.39. The van der Waals surface area contributed by atoms with Crippen molar-refractivity contribution in [2.75, 3.05) is 12.3 Å². The maximum Gasteiger partial charge on any atom is 0.0822 e. The summed E-state index contributed by atoms with van der Waals surface area (Å²) in [5.74, 6) is 0. The number of ether oxygens (including phenoxy) is 1. The lowest BCUT2D eigenvalue weighted by atomic mass is 10.2. The number of rotatable bonds is 3. The molecule has 0 fully saturated rings. The molecule has 0 aliphatic rings. The Hall–Kier alpha value is -1.03. The molecular weight excluding hydrogens is 178 g/mol. The van der Waals surface area contributed by atoms with E-state index in [1.165, 1.54) is 0 Å². The van der Waals surface area contributed by atoms with Gasteiger partial charge in [-0.25, -0.2) is 0 Å². The third kappa shape index (κ3) is 3.38. The zero-order valence-electron chi connectivity index (χ0n) is 9.37. The average Bonchev–Trinajstić information content (AvgIpc) is 2.28. The Morgan fingerprint density at radius 1 is 1.50 bits per heavy atom. The molecule has 0 bridgehead atoms. The highest BCUT2D eigenvalue weighted by atomic mass is 16.5. The molecule has 1 aromatic heterocycles. The van der Waals surface area contributed by atoms with Gasteiger partial charge in [-0.1, -0.05) is 0 Å². The fraction of sp³-hybridized carbons (Fsp3) is 0.700. The van der Waals surface area contributed by atoms with E-state index in [0.717, 1.165) is 17.9 Å². The Bertz CT molecular complexity index is 279. The van der Waals surface area contributed by atoms with Crippen molar-refractivity contribution in [3.8, 4) is 0 Å². The molecule has 4 heteroatoms. The molecular formula is C10H19N3O. The van der Waals surface area contributed by atoms with Crippen LogP contribution in [-0.4, -0.2) is 22.0 Å². The number of nitrogen functional groups attached to an aromatic ring is 1. The molecule has 0 spiro atoms. The summed E-state index contributed by atoms with van der Waals surface area (Å²) in [4.78, 5) is 0. The van der Waals surface area contributed by atoms with Crippen LogP contribution in [0.25, 0.3) is 0 Å². The molecule has 0 amide bonds. The van der Waals surface area contributed by atoms with E-state index in [4.69, 9.17) is 10.5 Å². The van der Waals surface area contributed by atoms with E-state index in [-0.39, 0.29) is 5.60 Å². The summed E-state index contributed by atoms with van der Waals surface area (Å²) >= 11 is 0. The lowest BCUT2D eigenvalue weighted by molar-refractivity contribution is -0.00790. The first-order chi connectivity index (χ1) is 6.38. The maximum absolute atomic E-state index is 5.67. The molecule has 14 heavy (non-hydrogen) atoms. The van der Waals surface area contributed by atoms with Gasteiger partial charge >= 0.3 is 0 Å². The lowest BCUT2D eigenvalue weighted by Gasteiger charge is -2.19. The van der Waals surface area contributed by atoms with Crippen LogP contribution in [0.3, 0.4) is 0 Å². The van der Waals surface area contributed by atoms with E-state index in [1.807, 2.05) is 38.6 Å². The standard InChI is InChI=1S/C10H19N3O/c1-8-9(11)7-13(12-8)5-6-14-10(2,3)4/h7H,5-6,11H2,1-4H3. The highest BCUT2D eigenvalue weighted by Crippen LogP contribution is 2.08. The van der Waals surface area contributed by atoms with Gasteiger partial charge in [-0.15, -0.1) is 0 Å². The SMILES string of the molecule is Cc1nn(CCOC(C)(C)C)cc1N. The van der Waals surface area contributed by atoms with Crippen LogP contribution in [0.1, 0.15) is 26.5 Å². The second kappa shape index (κ2) is 4.00. The molecule has 0 aromatic carbocycles. The minimum Gasteiger partial charge on any atom is -0.396 e. The molecule has 0 saturated heterocycles. The second-order valence-electron chi connectivity index (χ2n) is 4.39. The van der Waals surface area contributed by atoms with Crippen molar-refractivity contribution in [3.05, 3.63) is 11.9 Å². The summed E-state index contributed by atoms with van der Waals surface area (Å²) in [5, 5.41) is 4.24. The van der Waals surface area contributed by atoms with Crippen LogP contribution in [0.4, 0.5) is 5.69 Å². The normalized spacial score (nSPS) is 12.0. The van der Waals surface area contributed by atoms with Crippen LogP contribution in [0.2, 0.25) is 0 Å². The van der Waals surface area contributed by atoms with Crippen molar-refractivity contribution in [1.29, 1.82) is 0 Å². The summed E-state index contributed by atoms with van der Waals surface area (Å²) in [6.07, 6.45) is 1.83. The molecule has 0 radical (unpaired) electrons. The average molecular weight is 197 g/mol. The van der Waals surface area contributed by atoms with Crippen molar-refractivity contribution in [2.24, 2.45) is 0 Å². The Morgan fingerprint density at radius 3 is 2.57 bits per heavy atom. The van der Waals surface area contributed by atoms with Crippen molar-refractivity contribution in [1.82, 2.24) is 9.78 Å². The predicted molar refractivity (Wildman–Crippen MR) is 57.1 cm³/mol. The fourth-order valence-corrected chi connectivity index (χ4v) is 1.09. The number of nitrogens with zero attached hydrogens (tertiary/aromatic N) is 2. The highest BCUT2D eigenvalue weighted by Gasteiger charge is 2.09. The van der Waals surface area contributed by atoms with Gasteiger partial charge in [0.15, 0.2) is 0 Å². The summed E-state index contributed by atoms with van der Waals surface area (Å²) in [6.45, 7) is 9.41. The number of anilines is 1. The number of hydrogen-bond donors (Lipinski definition) is 1. The van der Waals surface area contributed by atoms with Crippen molar-refractivity contribution in [3.63, 3.8) is 0 Å². The molecule has 1 aromatic rings. The third-order valence-corrected chi connectivity index (χ3v) is 1.84. The minimum absolute atomic E-state index is 0.0895. The monoisotopic (exact) mass is 197 g/mol. The van der Waals surface area contributed by atoms with Crippen LogP contribution < -0.4 is 5.73 Å². The van der Waals surface area contributed by atoms with E-state index < -0.39 is 0 Å². The summed E-state index contributed by atoms with van der Waals surface area (Å²) in [6, 6.07) is 0. The van der Waals surface area contributed by atoms with Crippen molar-refractivity contribution in [2.45, 2.75) is 39.8 Å². The summed E-state index contributed by atoms with van der Waals surface area (Å²) < 4.78 is 7.40. The van der Waals surface area contributed by atoms with Gasteiger partial charge in [-0.05, 0) is 27.7 Å². The van der Waals surface area contributed by atoms with Crippen LogP contribution >= 0.6 is 0 Å². The topological polar surface area (TPSA) is 53.1 Å². The fourth-order valence-electron chi connectivity index (χ4n) is 1.09. The number of aromatic nitrogens is 2. The molecule has 0 atom stereocenters. The van der Waals surface area contributed by atoms with E-state index in [1.54, 1.807) is 0 Å². The molecule has 1 heterocycles. The highest BCUT2D eigenvalue weighted by molar-refractivity contribution is 5.39. The Morgan fingerprint density at radius 2 is 2.14 bits per heavy atom.